The largest absolute Gasteiger partial charge is 0.488 e. The molecule has 2 amide bonds. The molecule has 3 rings (SSSR count). The van der Waals surface area contributed by atoms with E-state index in [0.29, 0.717) is 27.8 Å². The number of para-hydroxylation sites is 1. The number of hydrogen-bond acceptors (Lipinski definition) is 4. The summed E-state index contributed by atoms with van der Waals surface area (Å²) in [5, 5.41) is 0.301. The van der Waals surface area contributed by atoms with E-state index in [-0.39, 0.29) is 17.7 Å². The normalized spacial score (nSPS) is 15.4. The zero-order valence-electron chi connectivity index (χ0n) is 13.6. The van der Waals surface area contributed by atoms with Gasteiger partial charge in [0.15, 0.2) is 0 Å². The number of halogens is 1. The first-order valence-corrected chi connectivity index (χ1v) is 8.93. The van der Waals surface area contributed by atoms with Gasteiger partial charge in [-0.05, 0) is 41.6 Å². The minimum absolute atomic E-state index is 0.0310. The van der Waals surface area contributed by atoms with E-state index in [1.165, 1.54) is 0 Å². The van der Waals surface area contributed by atoms with Crippen LogP contribution in [0, 0.1) is 12.3 Å². The molecule has 6 heteroatoms. The number of hydrogen-bond donors (Lipinski definition) is 0. The molecule has 0 aromatic heterocycles. The fourth-order valence-electron chi connectivity index (χ4n) is 2.34. The zero-order chi connectivity index (χ0) is 18.5. The van der Waals surface area contributed by atoms with Crippen LogP contribution in [-0.4, -0.2) is 22.6 Å². The summed E-state index contributed by atoms with van der Waals surface area (Å²) in [5.74, 6) is 2.55. The second kappa shape index (κ2) is 8.13. The summed E-state index contributed by atoms with van der Waals surface area (Å²) < 4.78 is 5.87. The standard InChI is InChI=1S/C20H14ClNO3S/c1-2-11-22-19(23)18(26-20(22)24)12-15-5-3-4-6-17(15)25-13-14-7-9-16(21)10-8-14/h1,3-10,12H,11,13H2/b18-12+. The molecule has 0 spiro atoms. The first kappa shape index (κ1) is 18.1. The van der Waals surface area contributed by atoms with Crippen LogP contribution >= 0.6 is 23.4 Å². The first-order valence-electron chi connectivity index (χ1n) is 7.73. The average molecular weight is 384 g/mol. The quantitative estimate of drug-likeness (QED) is 0.559. The van der Waals surface area contributed by atoms with Gasteiger partial charge in [-0.25, -0.2) is 0 Å². The Morgan fingerprint density at radius 3 is 2.62 bits per heavy atom. The zero-order valence-corrected chi connectivity index (χ0v) is 15.2. The number of benzene rings is 2. The summed E-state index contributed by atoms with van der Waals surface area (Å²) in [6.45, 7) is 0.331. The molecule has 1 fully saturated rings. The van der Waals surface area contributed by atoms with Crippen molar-refractivity contribution in [3.63, 3.8) is 0 Å². The monoisotopic (exact) mass is 383 g/mol. The number of amides is 2. The number of ether oxygens (including phenoxy) is 1. The summed E-state index contributed by atoms with van der Waals surface area (Å²) in [7, 11) is 0. The summed E-state index contributed by atoms with van der Waals surface area (Å²) in [4.78, 5) is 25.6. The lowest BCUT2D eigenvalue weighted by atomic mass is 10.1. The second-order valence-electron chi connectivity index (χ2n) is 5.42. The summed E-state index contributed by atoms with van der Waals surface area (Å²) in [6, 6.07) is 14.7. The Labute approximate surface area is 160 Å². The lowest BCUT2D eigenvalue weighted by Gasteiger charge is -2.10. The van der Waals surface area contributed by atoms with Crippen LogP contribution in [-0.2, 0) is 11.4 Å². The van der Waals surface area contributed by atoms with Crippen LogP contribution in [0.3, 0.4) is 0 Å². The van der Waals surface area contributed by atoms with Crippen molar-refractivity contribution >= 4 is 40.6 Å². The van der Waals surface area contributed by atoms with Crippen LogP contribution in [0.1, 0.15) is 11.1 Å². The van der Waals surface area contributed by atoms with E-state index in [0.717, 1.165) is 22.2 Å². The van der Waals surface area contributed by atoms with E-state index in [1.807, 2.05) is 36.4 Å². The first-order chi connectivity index (χ1) is 12.6. The summed E-state index contributed by atoms with van der Waals surface area (Å²) in [5.41, 5.74) is 1.69. The molecule has 0 N–H and O–H groups in total. The molecule has 26 heavy (non-hydrogen) atoms. The van der Waals surface area contributed by atoms with Gasteiger partial charge in [0.1, 0.15) is 12.4 Å². The Balaban J connectivity index is 1.79. The molecule has 0 radical (unpaired) electrons. The van der Waals surface area contributed by atoms with E-state index < -0.39 is 0 Å². The lowest BCUT2D eigenvalue weighted by molar-refractivity contribution is -0.122. The van der Waals surface area contributed by atoms with E-state index >= 15 is 0 Å². The van der Waals surface area contributed by atoms with Crippen LogP contribution in [0.4, 0.5) is 4.79 Å². The number of terminal acetylenes is 1. The van der Waals surface area contributed by atoms with E-state index in [2.05, 4.69) is 5.92 Å². The number of nitrogens with zero attached hydrogens (tertiary/aromatic N) is 1. The maximum atomic E-state index is 12.3. The third kappa shape index (κ3) is 4.10. The summed E-state index contributed by atoms with van der Waals surface area (Å²) in [6.07, 6.45) is 6.86. The molecule has 130 valence electrons. The Hall–Kier alpha value is -2.68. The van der Waals surface area contributed by atoms with Gasteiger partial charge in [-0.1, -0.05) is 47.9 Å². The highest BCUT2D eigenvalue weighted by atomic mass is 35.5. The van der Waals surface area contributed by atoms with E-state index in [9.17, 15) is 9.59 Å². The highest BCUT2D eigenvalue weighted by Crippen LogP contribution is 2.33. The predicted molar refractivity (Wildman–Crippen MR) is 104 cm³/mol. The predicted octanol–water partition coefficient (Wildman–Crippen LogP) is 4.59. The van der Waals surface area contributed by atoms with E-state index in [4.69, 9.17) is 22.8 Å². The third-order valence-electron chi connectivity index (χ3n) is 3.64. The molecule has 2 aromatic rings. The van der Waals surface area contributed by atoms with Gasteiger partial charge in [0.25, 0.3) is 11.1 Å². The Kier molecular flexibility index (Phi) is 5.67. The molecule has 0 saturated carbocycles. The van der Waals surface area contributed by atoms with Crippen molar-refractivity contribution in [1.82, 2.24) is 4.90 Å². The molecule has 0 aliphatic carbocycles. The average Bonchev–Trinajstić information content (AvgIpc) is 2.90. The Morgan fingerprint density at radius 2 is 1.88 bits per heavy atom. The Morgan fingerprint density at radius 1 is 1.15 bits per heavy atom. The number of carbonyl (C=O) groups excluding carboxylic acids is 2. The van der Waals surface area contributed by atoms with Crippen molar-refractivity contribution in [3.05, 3.63) is 69.6 Å². The van der Waals surface area contributed by atoms with Gasteiger partial charge in [0, 0.05) is 10.6 Å². The molecule has 0 bridgehead atoms. The van der Waals surface area contributed by atoms with Gasteiger partial charge >= 0.3 is 0 Å². The molecule has 1 aliphatic heterocycles. The molecule has 0 atom stereocenters. The molecule has 1 heterocycles. The van der Waals surface area contributed by atoms with Gasteiger partial charge in [-0.3, -0.25) is 14.5 Å². The highest BCUT2D eigenvalue weighted by Gasteiger charge is 2.34. The topological polar surface area (TPSA) is 46.6 Å². The van der Waals surface area contributed by atoms with Crippen molar-refractivity contribution < 1.29 is 14.3 Å². The molecule has 1 aliphatic rings. The maximum absolute atomic E-state index is 12.3. The minimum Gasteiger partial charge on any atom is -0.488 e. The molecular weight excluding hydrogens is 370 g/mol. The SMILES string of the molecule is C#CCN1C(=O)S/C(=C/c2ccccc2OCc2ccc(Cl)cc2)C1=O. The van der Waals surface area contributed by atoms with Crippen molar-refractivity contribution in [2.75, 3.05) is 6.54 Å². The molecule has 1 saturated heterocycles. The molecule has 2 aromatic carbocycles. The van der Waals surface area contributed by atoms with Crippen molar-refractivity contribution in [1.29, 1.82) is 0 Å². The maximum Gasteiger partial charge on any atom is 0.294 e. The number of carbonyl (C=O) groups is 2. The van der Waals surface area contributed by atoms with Crippen molar-refractivity contribution in [2.45, 2.75) is 6.61 Å². The van der Waals surface area contributed by atoms with Crippen LogP contribution in [0.5, 0.6) is 5.75 Å². The van der Waals surface area contributed by atoms with Gasteiger partial charge in [0.2, 0.25) is 0 Å². The molecule has 4 nitrogen and oxygen atoms in total. The Bertz CT molecular complexity index is 915. The number of thioether (sulfide) groups is 1. The number of imide groups is 1. The van der Waals surface area contributed by atoms with Gasteiger partial charge in [0.05, 0.1) is 11.4 Å². The van der Waals surface area contributed by atoms with Crippen LogP contribution in [0.25, 0.3) is 6.08 Å². The molecule has 0 unspecified atom stereocenters. The molecular formula is C20H14ClNO3S. The van der Waals surface area contributed by atoms with Crippen molar-refractivity contribution in [3.8, 4) is 18.1 Å². The van der Waals surface area contributed by atoms with Gasteiger partial charge in [-0.15, -0.1) is 6.42 Å². The number of rotatable bonds is 5. The van der Waals surface area contributed by atoms with Gasteiger partial charge in [-0.2, -0.15) is 0 Å². The minimum atomic E-state index is -0.384. The van der Waals surface area contributed by atoms with Crippen molar-refractivity contribution in [2.24, 2.45) is 0 Å². The fraction of sp³-hybridized carbons (Fsp3) is 0.100. The second-order valence-corrected chi connectivity index (χ2v) is 6.85. The summed E-state index contributed by atoms with van der Waals surface area (Å²) >= 11 is 6.76. The van der Waals surface area contributed by atoms with Crippen LogP contribution in [0.15, 0.2) is 53.4 Å². The smallest absolute Gasteiger partial charge is 0.294 e. The highest BCUT2D eigenvalue weighted by molar-refractivity contribution is 8.18. The lowest BCUT2D eigenvalue weighted by Crippen LogP contribution is -2.28. The van der Waals surface area contributed by atoms with E-state index in [1.54, 1.807) is 18.2 Å². The third-order valence-corrected chi connectivity index (χ3v) is 4.80. The fourth-order valence-corrected chi connectivity index (χ4v) is 3.30. The van der Waals surface area contributed by atoms with Crippen LogP contribution in [0.2, 0.25) is 5.02 Å². The van der Waals surface area contributed by atoms with Gasteiger partial charge < -0.3 is 4.74 Å². The van der Waals surface area contributed by atoms with Crippen LogP contribution < -0.4 is 4.74 Å².